The zero-order chi connectivity index (χ0) is 33.6. The average Bonchev–Trinajstić information content (AvgIpc) is 3.34. The highest BCUT2D eigenvalue weighted by atomic mass is 16.7. The lowest BCUT2D eigenvalue weighted by Gasteiger charge is -2.32. The van der Waals surface area contributed by atoms with Crippen LogP contribution in [0, 0.1) is 0 Å². The maximum Gasteiger partial charge on any atom is 0.498 e. The Kier molecular flexibility index (Phi) is 12.6. The Morgan fingerprint density at radius 1 is 0.457 bits per heavy atom. The molecule has 0 amide bonds. The molecule has 2 aliphatic heterocycles. The van der Waals surface area contributed by atoms with Crippen LogP contribution in [0.5, 0.6) is 11.5 Å². The van der Waals surface area contributed by atoms with Crippen molar-refractivity contribution in [3.8, 4) is 11.5 Å². The summed E-state index contributed by atoms with van der Waals surface area (Å²) in [6.45, 7) is 22.5. The zero-order valence-corrected chi connectivity index (χ0v) is 30.8. The normalized spacial score (nSPS) is 19.7. The van der Waals surface area contributed by atoms with Crippen LogP contribution < -0.4 is 20.4 Å². The molecule has 46 heavy (non-hydrogen) atoms. The molecule has 2 fully saturated rings. The smallest absolute Gasteiger partial charge is 0.493 e. The third kappa shape index (κ3) is 8.46. The first kappa shape index (κ1) is 37.1. The SMILES string of the molecule is CCCCCCCCOc1c(B2OC(C)(C)C(C)(C)O2)ccc2c(OCCCCCCCC)c(B3OC(C)(C)C(C)(C)O3)ccc12. The highest BCUT2D eigenvalue weighted by Crippen LogP contribution is 2.41. The van der Waals surface area contributed by atoms with Crippen molar-refractivity contribution in [2.24, 2.45) is 0 Å². The first-order chi connectivity index (χ1) is 21.7. The molecule has 8 heteroatoms. The zero-order valence-electron chi connectivity index (χ0n) is 30.8. The van der Waals surface area contributed by atoms with Crippen molar-refractivity contribution in [3.05, 3.63) is 24.3 Å². The highest BCUT2D eigenvalue weighted by Gasteiger charge is 2.54. The summed E-state index contributed by atoms with van der Waals surface area (Å²) in [6, 6.07) is 8.48. The molecule has 2 aliphatic rings. The van der Waals surface area contributed by atoms with Crippen LogP contribution in [-0.4, -0.2) is 49.9 Å². The van der Waals surface area contributed by atoms with Crippen molar-refractivity contribution in [1.29, 1.82) is 0 Å². The second-order valence-electron chi connectivity index (χ2n) is 15.5. The van der Waals surface area contributed by atoms with E-state index < -0.39 is 36.6 Å². The van der Waals surface area contributed by atoms with Crippen LogP contribution in [-0.2, 0) is 18.6 Å². The van der Waals surface area contributed by atoms with Crippen molar-refractivity contribution in [2.75, 3.05) is 13.2 Å². The minimum absolute atomic E-state index is 0.449. The van der Waals surface area contributed by atoms with Crippen LogP contribution in [0.3, 0.4) is 0 Å². The highest BCUT2D eigenvalue weighted by molar-refractivity contribution is 6.64. The second-order valence-corrected chi connectivity index (χ2v) is 15.5. The quantitative estimate of drug-likeness (QED) is 0.120. The molecule has 2 saturated heterocycles. The largest absolute Gasteiger partial charge is 0.498 e. The molecule has 0 bridgehead atoms. The van der Waals surface area contributed by atoms with Gasteiger partial charge in [0.15, 0.2) is 0 Å². The topological polar surface area (TPSA) is 55.4 Å². The van der Waals surface area contributed by atoms with Crippen molar-refractivity contribution in [1.82, 2.24) is 0 Å². The molecule has 0 saturated carbocycles. The van der Waals surface area contributed by atoms with Gasteiger partial charge in [0.2, 0.25) is 0 Å². The fourth-order valence-electron chi connectivity index (χ4n) is 6.13. The predicted molar refractivity (Wildman–Crippen MR) is 193 cm³/mol. The van der Waals surface area contributed by atoms with E-state index in [4.69, 9.17) is 28.1 Å². The van der Waals surface area contributed by atoms with Crippen LogP contribution in [0.25, 0.3) is 10.8 Å². The van der Waals surface area contributed by atoms with Gasteiger partial charge in [-0.1, -0.05) is 102 Å². The van der Waals surface area contributed by atoms with E-state index in [9.17, 15) is 0 Å². The molecule has 6 nitrogen and oxygen atoms in total. The Labute approximate surface area is 281 Å². The molecule has 256 valence electrons. The molecule has 0 aromatic heterocycles. The van der Waals surface area contributed by atoms with Crippen molar-refractivity contribution < 1.29 is 28.1 Å². The van der Waals surface area contributed by atoms with E-state index in [-0.39, 0.29) is 0 Å². The van der Waals surface area contributed by atoms with Gasteiger partial charge in [-0.05, 0) is 68.2 Å². The maximum atomic E-state index is 6.69. The second kappa shape index (κ2) is 15.7. The van der Waals surface area contributed by atoms with Gasteiger partial charge in [-0.25, -0.2) is 0 Å². The summed E-state index contributed by atoms with van der Waals surface area (Å²) >= 11 is 0. The Bertz CT molecular complexity index is 1140. The number of benzene rings is 2. The Morgan fingerprint density at radius 3 is 1.09 bits per heavy atom. The van der Waals surface area contributed by atoms with E-state index in [0.29, 0.717) is 13.2 Å². The van der Waals surface area contributed by atoms with Gasteiger partial charge in [-0.3, -0.25) is 0 Å². The number of hydrogen-bond acceptors (Lipinski definition) is 6. The van der Waals surface area contributed by atoms with E-state index in [1.54, 1.807) is 0 Å². The first-order valence-corrected chi connectivity index (χ1v) is 18.3. The number of unbranched alkanes of at least 4 members (excludes halogenated alkanes) is 10. The maximum absolute atomic E-state index is 6.69. The Hall–Kier alpha value is -1.73. The van der Waals surface area contributed by atoms with Gasteiger partial charge in [0.1, 0.15) is 11.5 Å². The lowest BCUT2D eigenvalue weighted by atomic mass is 9.74. The summed E-state index contributed by atoms with van der Waals surface area (Å²) in [7, 11) is -1.05. The van der Waals surface area contributed by atoms with E-state index in [1.165, 1.54) is 51.4 Å². The molecule has 0 radical (unpaired) electrons. The van der Waals surface area contributed by atoms with E-state index in [1.807, 2.05) is 0 Å². The first-order valence-electron chi connectivity index (χ1n) is 18.3. The van der Waals surface area contributed by atoms with Gasteiger partial charge < -0.3 is 28.1 Å². The number of ether oxygens (including phenoxy) is 2. The van der Waals surface area contributed by atoms with Gasteiger partial charge >= 0.3 is 14.2 Å². The number of hydrogen-bond donors (Lipinski definition) is 0. The van der Waals surface area contributed by atoms with E-state index >= 15 is 0 Å². The fourth-order valence-corrected chi connectivity index (χ4v) is 6.13. The molecule has 0 unspecified atom stereocenters. The molecule has 2 heterocycles. The Balaban J connectivity index is 1.70. The molecule has 0 N–H and O–H groups in total. The Morgan fingerprint density at radius 2 is 0.761 bits per heavy atom. The molecular weight excluding hydrogens is 574 g/mol. The summed E-state index contributed by atoms with van der Waals surface area (Å²) in [6.07, 6.45) is 14.5. The minimum atomic E-state index is -0.524. The van der Waals surface area contributed by atoms with Crippen LogP contribution >= 0.6 is 0 Å². The van der Waals surface area contributed by atoms with Gasteiger partial charge in [0.25, 0.3) is 0 Å². The molecule has 0 aliphatic carbocycles. The van der Waals surface area contributed by atoms with Gasteiger partial charge in [-0.2, -0.15) is 0 Å². The number of fused-ring (bicyclic) bond motifs is 1. The lowest BCUT2D eigenvalue weighted by molar-refractivity contribution is 0.00578. The minimum Gasteiger partial charge on any atom is -0.493 e. The molecule has 2 aromatic rings. The summed E-state index contributed by atoms with van der Waals surface area (Å²) in [5.74, 6) is 1.63. The predicted octanol–water partition coefficient (Wildman–Crippen LogP) is 8.92. The van der Waals surface area contributed by atoms with Crippen LogP contribution in [0.1, 0.15) is 146 Å². The fraction of sp³-hybridized carbons (Fsp3) is 0.737. The average molecular weight is 637 g/mol. The summed E-state index contributed by atoms with van der Waals surface area (Å²) in [4.78, 5) is 0. The van der Waals surface area contributed by atoms with Crippen molar-refractivity contribution >= 4 is 35.9 Å². The molecular formula is C38H62B2O6. The van der Waals surface area contributed by atoms with Gasteiger partial charge in [-0.15, -0.1) is 0 Å². The molecule has 0 atom stereocenters. The van der Waals surface area contributed by atoms with Crippen molar-refractivity contribution in [2.45, 2.75) is 169 Å². The standard InChI is InChI=1S/C38H62B2O6/c1-11-13-15-17-19-21-27-41-33-29-23-26-32(40-45-37(7,8)38(9,10)46-40)34(42-28-22-20-18-16-14-12-2)30(29)24-25-31(33)39-43-35(3,4)36(5,6)44-39/h23-26H,11-22,27-28H2,1-10H3. The third-order valence-electron chi connectivity index (χ3n) is 10.7. The molecule has 0 spiro atoms. The molecule has 2 aromatic carbocycles. The van der Waals surface area contributed by atoms with Gasteiger partial charge in [0, 0.05) is 21.7 Å². The van der Waals surface area contributed by atoms with Gasteiger partial charge in [0.05, 0.1) is 35.6 Å². The summed E-state index contributed by atoms with van der Waals surface area (Å²) in [5.41, 5.74) is 0.0409. The molecule has 4 rings (SSSR count). The van der Waals surface area contributed by atoms with E-state index in [2.05, 4.69) is 93.5 Å². The van der Waals surface area contributed by atoms with Crippen LogP contribution in [0.2, 0.25) is 0 Å². The summed E-state index contributed by atoms with van der Waals surface area (Å²) in [5, 5.41) is 1.99. The lowest BCUT2D eigenvalue weighted by Crippen LogP contribution is -2.41. The third-order valence-corrected chi connectivity index (χ3v) is 10.7. The monoisotopic (exact) mass is 636 g/mol. The van der Waals surface area contributed by atoms with Crippen LogP contribution in [0.15, 0.2) is 24.3 Å². The van der Waals surface area contributed by atoms with Crippen LogP contribution in [0.4, 0.5) is 0 Å². The summed E-state index contributed by atoms with van der Waals surface area (Å²) < 4.78 is 39.5. The number of rotatable bonds is 18. The van der Waals surface area contributed by atoms with Crippen molar-refractivity contribution in [3.63, 3.8) is 0 Å². The van der Waals surface area contributed by atoms with E-state index in [0.717, 1.165) is 58.9 Å².